The molecule has 1 heterocycles. The summed E-state index contributed by atoms with van der Waals surface area (Å²) in [5, 5.41) is 3.14. The van der Waals surface area contributed by atoms with Crippen LogP contribution >= 0.6 is 15.9 Å². The summed E-state index contributed by atoms with van der Waals surface area (Å²) in [5.74, 6) is 1.36. The number of rotatable bonds is 3. The number of aromatic nitrogens is 1. The molecule has 0 unspecified atom stereocenters. The van der Waals surface area contributed by atoms with Gasteiger partial charge in [0.05, 0.1) is 18.5 Å². The van der Waals surface area contributed by atoms with E-state index in [1.807, 2.05) is 24.3 Å². The summed E-state index contributed by atoms with van der Waals surface area (Å²) in [6, 6.07) is 9.40. The Morgan fingerprint density at radius 3 is 2.82 bits per heavy atom. The molecular weight excluding hydrogens is 282 g/mol. The third-order valence-corrected chi connectivity index (χ3v) is 2.68. The van der Waals surface area contributed by atoms with Gasteiger partial charge in [0.15, 0.2) is 5.82 Å². The van der Waals surface area contributed by atoms with E-state index in [-0.39, 0.29) is 0 Å². The minimum absolute atomic E-state index is 0.574. The molecule has 3 N–H and O–H groups in total. The second-order valence-electron chi connectivity index (χ2n) is 3.42. The maximum atomic E-state index is 5.86. The molecule has 2 rings (SSSR count). The lowest BCUT2D eigenvalue weighted by Gasteiger charge is -2.11. The summed E-state index contributed by atoms with van der Waals surface area (Å²) in [5.41, 5.74) is 7.27. The quantitative estimate of drug-likeness (QED) is 0.912. The van der Waals surface area contributed by atoms with Gasteiger partial charge in [-0.2, -0.15) is 0 Å². The average Bonchev–Trinajstić information content (AvgIpc) is 2.33. The lowest BCUT2D eigenvalue weighted by molar-refractivity contribution is 0.417. The van der Waals surface area contributed by atoms with Gasteiger partial charge in [0, 0.05) is 10.7 Å². The number of methoxy groups -OCH3 is 1. The molecule has 1 aromatic heterocycles. The SMILES string of the molecule is COc1ccccc1Nc1ncc(Br)cc1N. The Labute approximate surface area is 108 Å². The molecule has 5 heteroatoms. The number of nitrogens with zero attached hydrogens (tertiary/aromatic N) is 1. The zero-order chi connectivity index (χ0) is 12.3. The van der Waals surface area contributed by atoms with Crippen molar-refractivity contribution in [2.24, 2.45) is 0 Å². The van der Waals surface area contributed by atoms with E-state index in [1.54, 1.807) is 19.4 Å². The number of halogens is 1. The van der Waals surface area contributed by atoms with Crippen LogP contribution in [0.25, 0.3) is 0 Å². The van der Waals surface area contributed by atoms with E-state index in [2.05, 4.69) is 26.2 Å². The topological polar surface area (TPSA) is 60.2 Å². The molecule has 88 valence electrons. The van der Waals surface area contributed by atoms with Gasteiger partial charge in [-0.05, 0) is 34.1 Å². The number of para-hydroxylation sites is 2. The normalized spacial score (nSPS) is 10.0. The number of ether oxygens (including phenoxy) is 1. The summed E-state index contributed by atoms with van der Waals surface area (Å²) < 4.78 is 6.09. The highest BCUT2D eigenvalue weighted by molar-refractivity contribution is 9.10. The molecule has 0 spiro atoms. The maximum Gasteiger partial charge on any atom is 0.153 e. The first-order chi connectivity index (χ1) is 8.20. The second kappa shape index (κ2) is 5.05. The summed E-state index contributed by atoms with van der Waals surface area (Å²) in [6.07, 6.45) is 1.69. The lowest BCUT2D eigenvalue weighted by Crippen LogP contribution is -2.00. The molecule has 2 aromatic rings. The fourth-order valence-corrected chi connectivity index (χ4v) is 1.78. The molecular formula is C12H12BrN3O. The molecule has 0 atom stereocenters. The van der Waals surface area contributed by atoms with Gasteiger partial charge in [-0.1, -0.05) is 12.1 Å². The number of anilines is 3. The third-order valence-electron chi connectivity index (χ3n) is 2.24. The smallest absolute Gasteiger partial charge is 0.153 e. The maximum absolute atomic E-state index is 5.86. The molecule has 17 heavy (non-hydrogen) atoms. The molecule has 0 fully saturated rings. The largest absolute Gasteiger partial charge is 0.495 e. The molecule has 0 amide bonds. The van der Waals surface area contributed by atoms with Gasteiger partial charge in [-0.15, -0.1) is 0 Å². The van der Waals surface area contributed by atoms with Crippen LogP contribution in [0.5, 0.6) is 5.75 Å². The van der Waals surface area contributed by atoms with Crippen molar-refractivity contribution < 1.29 is 4.74 Å². The molecule has 0 radical (unpaired) electrons. The lowest BCUT2D eigenvalue weighted by atomic mass is 10.3. The van der Waals surface area contributed by atoms with E-state index in [4.69, 9.17) is 10.5 Å². The molecule has 0 aliphatic carbocycles. The third kappa shape index (κ3) is 2.68. The number of nitrogens with two attached hydrogens (primary N) is 1. The van der Waals surface area contributed by atoms with Crippen molar-refractivity contribution in [3.05, 3.63) is 41.0 Å². The minimum Gasteiger partial charge on any atom is -0.495 e. The predicted molar refractivity (Wildman–Crippen MR) is 72.6 cm³/mol. The molecule has 0 aliphatic heterocycles. The van der Waals surface area contributed by atoms with Crippen LogP contribution in [0.15, 0.2) is 41.0 Å². The standard InChI is InChI=1S/C12H12BrN3O/c1-17-11-5-3-2-4-10(11)16-12-9(14)6-8(13)7-15-12/h2-7H,14H2,1H3,(H,15,16). The summed E-state index contributed by atoms with van der Waals surface area (Å²) in [7, 11) is 1.62. The van der Waals surface area contributed by atoms with Crippen molar-refractivity contribution in [3.63, 3.8) is 0 Å². The molecule has 1 aromatic carbocycles. The van der Waals surface area contributed by atoms with Gasteiger partial charge in [-0.3, -0.25) is 0 Å². The van der Waals surface area contributed by atoms with E-state index in [9.17, 15) is 0 Å². The zero-order valence-electron chi connectivity index (χ0n) is 9.27. The Bertz CT molecular complexity index is 531. The van der Waals surface area contributed by atoms with E-state index >= 15 is 0 Å². The number of benzene rings is 1. The zero-order valence-corrected chi connectivity index (χ0v) is 10.9. The van der Waals surface area contributed by atoms with Gasteiger partial charge in [0.2, 0.25) is 0 Å². The number of pyridine rings is 1. The van der Waals surface area contributed by atoms with Crippen molar-refractivity contribution in [1.29, 1.82) is 0 Å². The fraction of sp³-hybridized carbons (Fsp3) is 0.0833. The summed E-state index contributed by atoms with van der Waals surface area (Å²) >= 11 is 3.31. The Balaban J connectivity index is 2.31. The van der Waals surface area contributed by atoms with Crippen LogP contribution in [0, 0.1) is 0 Å². The highest BCUT2D eigenvalue weighted by Gasteiger charge is 2.05. The average molecular weight is 294 g/mol. The molecule has 0 saturated heterocycles. The van der Waals surface area contributed by atoms with Crippen molar-refractivity contribution in [3.8, 4) is 5.75 Å². The first-order valence-electron chi connectivity index (χ1n) is 5.02. The Hall–Kier alpha value is -1.75. The van der Waals surface area contributed by atoms with Gasteiger partial charge in [0.1, 0.15) is 5.75 Å². The van der Waals surface area contributed by atoms with Gasteiger partial charge >= 0.3 is 0 Å². The highest BCUT2D eigenvalue weighted by atomic mass is 79.9. The van der Waals surface area contributed by atoms with E-state index in [1.165, 1.54) is 0 Å². The first-order valence-corrected chi connectivity index (χ1v) is 5.81. The predicted octanol–water partition coefficient (Wildman–Crippen LogP) is 3.18. The van der Waals surface area contributed by atoms with Crippen LogP contribution in [0.3, 0.4) is 0 Å². The monoisotopic (exact) mass is 293 g/mol. The molecule has 0 saturated carbocycles. The van der Waals surface area contributed by atoms with Crippen LogP contribution in [0.2, 0.25) is 0 Å². The molecule has 0 aliphatic rings. The minimum atomic E-state index is 0.574. The molecule has 0 bridgehead atoms. The van der Waals surface area contributed by atoms with E-state index < -0.39 is 0 Å². The molecule has 4 nitrogen and oxygen atoms in total. The number of nitrogens with one attached hydrogen (secondary N) is 1. The van der Waals surface area contributed by atoms with Crippen LogP contribution in [-0.4, -0.2) is 12.1 Å². The number of hydrogen-bond acceptors (Lipinski definition) is 4. The number of nitrogen functional groups attached to an aromatic ring is 1. The van der Waals surface area contributed by atoms with Gasteiger partial charge in [-0.25, -0.2) is 4.98 Å². The summed E-state index contributed by atoms with van der Waals surface area (Å²) in [6.45, 7) is 0. The van der Waals surface area contributed by atoms with E-state index in [0.29, 0.717) is 11.5 Å². The Kier molecular flexibility index (Phi) is 3.49. The summed E-state index contributed by atoms with van der Waals surface area (Å²) in [4.78, 5) is 4.21. The Morgan fingerprint density at radius 1 is 1.35 bits per heavy atom. The van der Waals surface area contributed by atoms with Gasteiger partial charge < -0.3 is 15.8 Å². The van der Waals surface area contributed by atoms with Crippen molar-refractivity contribution >= 4 is 33.1 Å². The fourth-order valence-electron chi connectivity index (χ4n) is 1.43. The van der Waals surface area contributed by atoms with Crippen molar-refractivity contribution in [1.82, 2.24) is 4.98 Å². The van der Waals surface area contributed by atoms with Crippen LogP contribution < -0.4 is 15.8 Å². The Morgan fingerprint density at radius 2 is 2.12 bits per heavy atom. The first kappa shape index (κ1) is 11.7. The van der Waals surface area contributed by atoms with Crippen LogP contribution in [0.4, 0.5) is 17.2 Å². The highest BCUT2D eigenvalue weighted by Crippen LogP contribution is 2.29. The van der Waals surface area contributed by atoms with E-state index in [0.717, 1.165) is 15.9 Å². The van der Waals surface area contributed by atoms with Crippen LogP contribution in [-0.2, 0) is 0 Å². The second-order valence-corrected chi connectivity index (χ2v) is 4.33. The van der Waals surface area contributed by atoms with Crippen molar-refractivity contribution in [2.75, 3.05) is 18.2 Å². The van der Waals surface area contributed by atoms with Gasteiger partial charge in [0.25, 0.3) is 0 Å². The van der Waals surface area contributed by atoms with Crippen LogP contribution in [0.1, 0.15) is 0 Å². The van der Waals surface area contributed by atoms with Crippen molar-refractivity contribution in [2.45, 2.75) is 0 Å². The number of hydrogen-bond donors (Lipinski definition) is 2.